The maximum Gasteiger partial charge on any atom is 0.236 e. The van der Waals surface area contributed by atoms with Gasteiger partial charge in [-0.2, -0.15) is 0 Å². The molecule has 0 unspecified atom stereocenters. The van der Waals surface area contributed by atoms with E-state index in [0.717, 1.165) is 25.7 Å². The third-order valence-electron chi connectivity index (χ3n) is 2.08. The van der Waals surface area contributed by atoms with E-state index in [1.807, 2.05) is 13.8 Å². The highest BCUT2D eigenvalue weighted by molar-refractivity contribution is 5.84. The van der Waals surface area contributed by atoms with E-state index < -0.39 is 5.91 Å². The van der Waals surface area contributed by atoms with Crippen LogP contribution in [0.3, 0.4) is 0 Å². The Labute approximate surface area is 85.2 Å². The summed E-state index contributed by atoms with van der Waals surface area (Å²) in [5.41, 5.74) is 4.94. The van der Waals surface area contributed by atoms with Crippen LogP contribution in [0.25, 0.3) is 0 Å². The van der Waals surface area contributed by atoms with E-state index >= 15 is 0 Å². The molecule has 0 bridgehead atoms. The molecule has 0 spiro atoms. The van der Waals surface area contributed by atoms with Crippen molar-refractivity contribution in [2.24, 2.45) is 11.7 Å². The minimum absolute atomic E-state index is 0.0318. The smallest absolute Gasteiger partial charge is 0.236 e. The molecule has 14 heavy (non-hydrogen) atoms. The average molecular weight is 200 g/mol. The first kappa shape index (κ1) is 12.9. The van der Waals surface area contributed by atoms with Crippen LogP contribution in [0.2, 0.25) is 0 Å². The number of nitrogens with two attached hydrogens (primary N) is 1. The van der Waals surface area contributed by atoms with Crippen molar-refractivity contribution in [1.29, 1.82) is 0 Å². The lowest BCUT2D eigenvalue weighted by Gasteiger charge is -2.14. The highest BCUT2D eigenvalue weighted by atomic mass is 16.2. The van der Waals surface area contributed by atoms with E-state index in [0.29, 0.717) is 0 Å². The first-order chi connectivity index (χ1) is 6.61. The zero-order chi connectivity index (χ0) is 11.0. The van der Waals surface area contributed by atoms with Gasteiger partial charge in [0.15, 0.2) is 0 Å². The minimum atomic E-state index is -0.495. The predicted octanol–water partition coefficient (Wildman–Crippen LogP) is 0.804. The van der Waals surface area contributed by atoms with Crippen LogP contribution in [0.5, 0.6) is 0 Å². The summed E-state index contributed by atoms with van der Waals surface area (Å²) in [5.74, 6) is -0.512. The summed E-state index contributed by atoms with van der Waals surface area (Å²) in [4.78, 5) is 22.0. The molecule has 0 aliphatic carbocycles. The molecule has 0 aromatic heterocycles. The molecule has 0 heterocycles. The standard InChI is InChI=1S/C10H20N2O2/c1-3-5-8(6-4-2)10(14)12-7-9(11)13/h8H,3-7H2,1-2H3,(H2,11,13)(H,12,14). The minimum Gasteiger partial charge on any atom is -0.368 e. The number of carbonyl (C=O) groups excluding carboxylic acids is 2. The zero-order valence-corrected chi connectivity index (χ0v) is 9.01. The molecule has 3 N–H and O–H groups in total. The molecule has 0 rings (SSSR count). The highest BCUT2D eigenvalue weighted by Crippen LogP contribution is 2.13. The summed E-state index contributed by atoms with van der Waals surface area (Å²) >= 11 is 0. The van der Waals surface area contributed by atoms with Gasteiger partial charge in [0, 0.05) is 5.92 Å². The van der Waals surface area contributed by atoms with Gasteiger partial charge >= 0.3 is 0 Å². The van der Waals surface area contributed by atoms with E-state index in [1.165, 1.54) is 0 Å². The Bertz CT molecular complexity index is 187. The van der Waals surface area contributed by atoms with E-state index in [1.54, 1.807) is 0 Å². The number of hydrogen-bond acceptors (Lipinski definition) is 2. The highest BCUT2D eigenvalue weighted by Gasteiger charge is 2.16. The van der Waals surface area contributed by atoms with Gasteiger partial charge in [-0.25, -0.2) is 0 Å². The van der Waals surface area contributed by atoms with Gasteiger partial charge in [0.2, 0.25) is 11.8 Å². The van der Waals surface area contributed by atoms with Crippen LogP contribution in [0.1, 0.15) is 39.5 Å². The summed E-state index contributed by atoms with van der Waals surface area (Å²) in [7, 11) is 0. The normalized spacial score (nSPS) is 10.2. The van der Waals surface area contributed by atoms with Gasteiger partial charge in [0.05, 0.1) is 6.54 Å². The lowest BCUT2D eigenvalue weighted by Crippen LogP contribution is -2.37. The van der Waals surface area contributed by atoms with E-state index in [2.05, 4.69) is 5.32 Å². The first-order valence-corrected chi connectivity index (χ1v) is 5.17. The van der Waals surface area contributed by atoms with E-state index in [4.69, 9.17) is 5.73 Å². The van der Waals surface area contributed by atoms with Gasteiger partial charge in [-0.05, 0) is 12.8 Å². The molecule has 0 aliphatic heterocycles. The fourth-order valence-corrected chi connectivity index (χ4v) is 1.42. The van der Waals surface area contributed by atoms with Crippen LogP contribution in [-0.4, -0.2) is 18.4 Å². The molecule has 4 heteroatoms. The molecule has 0 saturated carbocycles. The Morgan fingerprint density at radius 1 is 1.21 bits per heavy atom. The third-order valence-corrected chi connectivity index (χ3v) is 2.08. The van der Waals surface area contributed by atoms with Gasteiger partial charge in [0.1, 0.15) is 0 Å². The molecule has 4 nitrogen and oxygen atoms in total. The summed E-state index contributed by atoms with van der Waals surface area (Å²) < 4.78 is 0. The second-order valence-electron chi connectivity index (χ2n) is 3.46. The molecular weight excluding hydrogens is 180 g/mol. The average Bonchev–Trinajstić information content (AvgIpc) is 2.14. The van der Waals surface area contributed by atoms with Crippen molar-refractivity contribution in [2.75, 3.05) is 6.54 Å². The topological polar surface area (TPSA) is 72.2 Å². The lowest BCUT2D eigenvalue weighted by molar-refractivity contribution is -0.128. The maximum atomic E-state index is 11.5. The van der Waals surface area contributed by atoms with Crippen molar-refractivity contribution in [3.05, 3.63) is 0 Å². The summed E-state index contributed by atoms with van der Waals surface area (Å²) in [6.45, 7) is 4.04. The number of hydrogen-bond donors (Lipinski definition) is 2. The largest absolute Gasteiger partial charge is 0.368 e. The fraction of sp³-hybridized carbons (Fsp3) is 0.800. The van der Waals surface area contributed by atoms with Crippen LogP contribution in [0, 0.1) is 5.92 Å². The van der Waals surface area contributed by atoms with Crippen LogP contribution in [0.15, 0.2) is 0 Å². The second kappa shape index (κ2) is 7.35. The lowest BCUT2D eigenvalue weighted by atomic mass is 9.97. The maximum absolute atomic E-state index is 11.5. The van der Waals surface area contributed by atoms with Crippen molar-refractivity contribution in [3.8, 4) is 0 Å². The number of amides is 2. The van der Waals surface area contributed by atoms with Crippen molar-refractivity contribution in [3.63, 3.8) is 0 Å². The summed E-state index contributed by atoms with van der Waals surface area (Å²) in [6, 6.07) is 0. The molecule has 0 atom stereocenters. The van der Waals surface area contributed by atoms with Gasteiger partial charge in [0.25, 0.3) is 0 Å². The van der Waals surface area contributed by atoms with Gasteiger partial charge < -0.3 is 11.1 Å². The Morgan fingerprint density at radius 2 is 1.71 bits per heavy atom. The van der Waals surface area contributed by atoms with Crippen molar-refractivity contribution in [2.45, 2.75) is 39.5 Å². The molecule has 0 saturated heterocycles. The molecule has 0 aliphatic rings. The van der Waals surface area contributed by atoms with Gasteiger partial charge in [-0.1, -0.05) is 26.7 Å². The first-order valence-electron chi connectivity index (χ1n) is 5.17. The van der Waals surface area contributed by atoms with Gasteiger partial charge in [-0.3, -0.25) is 9.59 Å². The second-order valence-corrected chi connectivity index (χ2v) is 3.46. The molecule has 0 aromatic carbocycles. The number of primary amides is 1. The summed E-state index contributed by atoms with van der Waals surface area (Å²) in [6.07, 6.45) is 3.71. The number of nitrogens with one attached hydrogen (secondary N) is 1. The van der Waals surface area contributed by atoms with Crippen molar-refractivity contribution in [1.82, 2.24) is 5.32 Å². The van der Waals surface area contributed by atoms with E-state index in [9.17, 15) is 9.59 Å². The Morgan fingerprint density at radius 3 is 2.07 bits per heavy atom. The zero-order valence-electron chi connectivity index (χ0n) is 9.01. The van der Waals surface area contributed by atoms with Crippen LogP contribution >= 0.6 is 0 Å². The monoisotopic (exact) mass is 200 g/mol. The number of carbonyl (C=O) groups is 2. The summed E-state index contributed by atoms with van der Waals surface area (Å²) in [5, 5.41) is 2.54. The Balaban J connectivity index is 3.94. The predicted molar refractivity (Wildman–Crippen MR) is 55.5 cm³/mol. The van der Waals surface area contributed by atoms with Crippen molar-refractivity contribution >= 4 is 11.8 Å². The van der Waals surface area contributed by atoms with Crippen LogP contribution in [0.4, 0.5) is 0 Å². The van der Waals surface area contributed by atoms with Crippen LogP contribution in [-0.2, 0) is 9.59 Å². The molecular formula is C10H20N2O2. The molecule has 0 radical (unpaired) electrons. The van der Waals surface area contributed by atoms with E-state index in [-0.39, 0.29) is 18.4 Å². The molecule has 2 amide bonds. The molecule has 82 valence electrons. The van der Waals surface area contributed by atoms with Gasteiger partial charge in [-0.15, -0.1) is 0 Å². The SMILES string of the molecule is CCCC(CCC)C(=O)NCC(N)=O. The Hall–Kier alpha value is -1.06. The van der Waals surface area contributed by atoms with Crippen molar-refractivity contribution < 1.29 is 9.59 Å². The number of rotatable bonds is 7. The molecule has 0 fully saturated rings. The Kier molecular flexibility index (Phi) is 6.80. The third kappa shape index (κ3) is 5.56. The fourth-order valence-electron chi connectivity index (χ4n) is 1.42. The quantitative estimate of drug-likeness (QED) is 0.638. The van der Waals surface area contributed by atoms with Crippen LogP contribution < -0.4 is 11.1 Å². The molecule has 0 aromatic rings.